The third kappa shape index (κ3) is 4.97. The van der Waals surface area contributed by atoms with Crippen LogP contribution >= 0.6 is 0 Å². The maximum Gasteiger partial charge on any atom is 0.144 e. The molecule has 4 heteroatoms. The highest BCUT2D eigenvalue weighted by atomic mass is 16.3. The molecule has 0 saturated heterocycles. The first-order valence-corrected chi connectivity index (χ1v) is 24.0. The lowest BCUT2D eigenvalue weighted by Gasteiger charge is -2.32. The van der Waals surface area contributed by atoms with Gasteiger partial charge in [0.15, 0.2) is 0 Å². The number of nitrogens with zero attached hydrogens (tertiary/aromatic N) is 2. The molecule has 0 saturated carbocycles. The summed E-state index contributed by atoms with van der Waals surface area (Å²) in [6.45, 7) is 18.9. The van der Waals surface area contributed by atoms with Crippen molar-refractivity contribution in [3.63, 3.8) is 0 Å². The van der Waals surface area contributed by atoms with E-state index in [9.17, 15) is 0 Å². The molecule has 0 aliphatic heterocycles. The van der Waals surface area contributed by atoms with Gasteiger partial charge in [-0.25, -0.2) is 0 Å². The Morgan fingerprint density at radius 1 is 0.441 bits per heavy atom. The number of hydrogen-bond acceptors (Lipinski definition) is 4. The molecule has 3 aromatic heterocycles. The number of rotatable bonds is 4. The van der Waals surface area contributed by atoms with Crippen molar-refractivity contribution in [2.24, 2.45) is 0 Å². The Kier molecular flexibility index (Phi) is 7.70. The van der Waals surface area contributed by atoms with Crippen LogP contribution in [0.15, 0.2) is 167 Å². The molecule has 0 bridgehead atoms. The summed E-state index contributed by atoms with van der Waals surface area (Å²) >= 11 is 0. The maximum absolute atomic E-state index is 6.98. The van der Waals surface area contributed by atoms with Gasteiger partial charge in [0, 0.05) is 78.4 Å². The summed E-state index contributed by atoms with van der Waals surface area (Å²) in [4.78, 5) is 6.87. The van der Waals surface area contributed by atoms with Gasteiger partial charge in [-0.05, 0) is 147 Å². The van der Waals surface area contributed by atoms with E-state index in [1.54, 1.807) is 0 Å². The molecule has 0 atom stereocenters. The molecule has 328 valence electrons. The number of benzene rings is 8. The molecule has 68 heavy (non-hydrogen) atoms. The highest BCUT2D eigenvalue weighted by Crippen LogP contribution is 2.64. The molecule has 3 heterocycles. The van der Waals surface area contributed by atoms with Crippen LogP contribution in [-0.4, -0.2) is 4.98 Å². The molecular weight excluding hydrogens is 829 g/mol. The van der Waals surface area contributed by atoms with Gasteiger partial charge in [0.1, 0.15) is 22.3 Å². The lowest BCUT2D eigenvalue weighted by Crippen LogP contribution is -2.24. The van der Waals surface area contributed by atoms with Crippen LogP contribution in [0.25, 0.3) is 88.4 Å². The van der Waals surface area contributed by atoms with Crippen molar-refractivity contribution in [1.29, 1.82) is 0 Å². The zero-order valence-electron chi connectivity index (χ0n) is 39.7. The second kappa shape index (κ2) is 13.3. The molecule has 0 N–H and O–H groups in total. The molecule has 11 aromatic rings. The normalized spacial score (nSPS) is 15.4. The SMILES string of the molecule is Cc1ccc(N(c2ccc3c(c2)C(C)(C)c2cc(-c4ccncc4)c4oc5ccccc5c4c2-3)c2ccc3c(c2)C(C)(C)c2c4c(c5oc6ccccc6c5c2-3)-c2ccccc2C4(C)C)c(C)c1. The Bertz CT molecular complexity index is 4030. The van der Waals surface area contributed by atoms with E-state index < -0.39 is 0 Å². The van der Waals surface area contributed by atoms with Crippen molar-refractivity contribution in [1.82, 2.24) is 4.98 Å². The third-order valence-corrected chi connectivity index (χ3v) is 16.3. The van der Waals surface area contributed by atoms with Crippen molar-refractivity contribution in [3.05, 3.63) is 202 Å². The van der Waals surface area contributed by atoms with Gasteiger partial charge in [-0.15, -0.1) is 0 Å². The number of hydrogen-bond donors (Lipinski definition) is 0. The lowest BCUT2D eigenvalue weighted by atomic mass is 9.72. The second-order valence-corrected chi connectivity index (χ2v) is 21.2. The monoisotopic (exact) mass is 878 g/mol. The van der Waals surface area contributed by atoms with Gasteiger partial charge in [-0.1, -0.05) is 132 Å². The fourth-order valence-electron chi connectivity index (χ4n) is 13.1. The standard InChI is InChI=1S/C64H50N2O2/c1-35-21-26-50(36(2)31-35)66(38-22-24-41-47(32-38)62(3,4)49-34-45(37-27-29-65-30-28-37)60-55(53(41)49)43-16-10-13-19-51(43)67-60)39-23-25-42-48(33-39)64(7,8)58-54(42)56-44-17-11-14-20-52(44)68-61(56)57-40-15-9-12-18-46(40)63(5,6)59(57)58/h9-34H,1-8H3. The van der Waals surface area contributed by atoms with Crippen LogP contribution in [0.5, 0.6) is 0 Å². The molecular formula is C64H50N2O2. The van der Waals surface area contributed by atoms with Crippen molar-refractivity contribution in [3.8, 4) is 44.5 Å². The van der Waals surface area contributed by atoms with Crippen molar-refractivity contribution in [2.45, 2.75) is 71.6 Å². The Hall–Kier alpha value is -7.69. The first kappa shape index (κ1) is 39.5. The zero-order valence-corrected chi connectivity index (χ0v) is 39.7. The smallest absolute Gasteiger partial charge is 0.144 e. The summed E-state index contributed by atoms with van der Waals surface area (Å²) in [5, 5.41) is 4.71. The molecule has 0 amide bonds. The Morgan fingerprint density at radius 3 is 1.69 bits per heavy atom. The minimum absolute atomic E-state index is 0.224. The molecule has 0 unspecified atom stereocenters. The Labute approximate surface area is 396 Å². The molecule has 0 spiro atoms. The Balaban J connectivity index is 0.997. The molecule has 4 nitrogen and oxygen atoms in total. The predicted octanol–water partition coefficient (Wildman–Crippen LogP) is 17.6. The van der Waals surface area contributed by atoms with Crippen LogP contribution < -0.4 is 4.90 Å². The molecule has 8 aromatic carbocycles. The zero-order chi connectivity index (χ0) is 46.2. The second-order valence-electron chi connectivity index (χ2n) is 21.2. The maximum atomic E-state index is 6.98. The lowest BCUT2D eigenvalue weighted by molar-refractivity contribution is 0.600. The Morgan fingerprint density at radius 2 is 1.00 bits per heavy atom. The highest BCUT2D eigenvalue weighted by Gasteiger charge is 2.49. The van der Waals surface area contributed by atoms with E-state index in [4.69, 9.17) is 8.83 Å². The van der Waals surface area contributed by atoms with Crippen LogP contribution in [0.4, 0.5) is 17.1 Å². The van der Waals surface area contributed by atoms with E-state index in [0.717, 1.165) is 50.2 Å². The van der Waals surface area contributed by atoms with E-state index in [1.807, 2.05) is 12.4 Å². The minimum Gasteiger partial charge on any atom is -0.455 e. The van der Waals surface area contributed by atoms with Gasteiger partial charge >= 0.3 is 0 Å². The number of aromatic nitrogens is 1. The van der Waals surface area contributed by atoms with Crippen LogP contribution in [0.1, 0.15) is 86.1 Å². The number of para-hydroxylation sites is 2. The number of fused-ring (bicyclic) bond motifs is 19. The van der Waals surface area contributed by atoms with Gasteiger partial charge in [-0.3, -0.25) is 4.98 Å². The highest BCUT2D eigenvalue weighted by molar-refractivity contribution is 6.21. The van der Waals surface area contributed by atoms with E-state index in [-0.39, 0.29) is 16.2 Å². The van der Waals surface area contributed by atoms with Crippen molar-refractivity contribution < 1.29 is 8.83 Å². The first-order valence-electron chi connectivity index (χ1n) is 24.0. The number of pyridine rings is 1. The molecule has 3 aliphatic rings. The minimum atomic E-state index is -0.322. The molecule has 14 rings (SSSR count). The summed E-state index contributed by atoms with van der Waals surface area (Å²) in [6, 6.07) is 54.0. The molecule has 3 aliphatic carbocycles. The van der Waals surface area contributed by atoms with Gasteiger partial charge < -0.3 is 13.7 Å². The quantitative estimate of drug-likeness (QED) is 0.177. The number of aryl methyl sites for hydroxylation is 2. The fourth-order valence-corrected chi connectivity index (χ4v) is 13.1. The van der Waals surface area contributed by atoms with Gasteiger partial charge in [-0.2, -0.15) is 0 Å². The van der Waals surface area contributed by atoms with Crippen LogP contribution in [0, 0.1) is 13.8 Å². The summed E-state index contributed by atoms with van der Waals surface area (Å²) in [5.41, 5.74) is 26.8. The van der Waals surface area contributed by atoms with Crippen molar-refractivity contribution in [2.75, 3.05) is 4.90 Å². The first-order chi connectivity index (χ1) is 32.8. The summed E-state index contributed by atoms with van der Waals surface area (Å²) in [6.07, 6.45) is 3.74. The van der Waals surface area contributed by atoms with Crippen molar-refractivity contribution >= 4 is 60.9 Å². The number of furan rings is 2. The largest absolute Gasteiger partial charge is 0.455 e. The summed E-state index contributed by atoms with van der Waals surface area (Å²) < 4.78 is 13.8. The van der Waals surface area contributed by atoms with Crippen LogP contribution in [0.3, 0.4) is 0 Å². The predicted molar refractivity (Wildman–Crippen MR) is 281 cm³/mol. The van der Waals surface area contributed by atoms with Gasteiger partial charge in [0.2, 0.25) is 0 Å². The fraction of sp³-hybridized carbons (Fsp3) is 0.172. The van der Waals surface area contributed by atoms with Gasteiger partial charge in [0.25, 0.3) is 0 Å². The van der Waals surface area contributed by atoms with E-state index in [2.05, 4.69) is 211 Å². The van der Waals surface area contributed by atoms with E-state index in [1.165, 1.54) is 99.7 Å². The average molecular weight is 879 g/mol. The van der Waals surface area contributed by atoms with E-state index >= 15 is 0 Å². The third-order valence-electron chi connectivity index (χ3n) is 16.3. The van der Waals surface area contributed by atoms with Crippen LogP contribution in [-0.2, 0) is 16.2 Å². The van der Waals surface area contributed by atoms with Gasteiger partial charge in [0.05, 0.1) is 0 Å². The summed E-state index contributed by atoms with van der Waals surface area (Å²) in [7, 11) is 0. The molecule has 0 fully saturated rings. The molecule has 0 radical (unpaired) electrons. The average Bonchev–Trinajstić information content (AvgIpc) is 4.09. The topological polar surface area (TPSA) is 42.4 Å². The van der Waals surface area contributed by atoms with E-state index in [0.29, 0.717) is 0 Å². The number of anilines is 3. The van der Waals surface area contributed by atoms with Crippen LogP contribution in [0.2, 0.25) is 0 Å². The summed E-state index contributed by atoms with van der Waals surface area (Å²) in [5.74, 6) is 0.